The Morgan fingerprint density at radius 2 is 2.39 bits per heavy atom. The quantitative estimate of drug-likeness (QED) is 0.878. The molecule has 0 spiro atoms. The highest BCUT2D eigenvalue weighted by Gasteiger charge is 2.31. The average Bonchev–Trinajstić information content (AvgIpc) is 2.94. The number of thiazole rings is 1. The second kappa shape index (κ2) is 5.80. The third kappa shape index (κ3) is 3.09. The number of rotatable bonds is 4. The van der Waals surface area contributed by atoms with Crippen molar-refractivity contribution in [2.24, 2.45) is 5.92 Å². The minimum atomic E-state index is -0.465. The van der Waals surface area contributed by atoms with Crippen LogP contribution in [0, 0.1) is 5.92 Å². The van der Waals surface area contributed by atoms with Gasteiger partial charge in [0.2, 0.25) is 5.91 Å². The zero-order valence-corrected chi connectivity index (χ0v) is 11.7. The lowest BCUT2D eigenvalue weighted by atomic mass is 10.1. The van der Waals surface area contributed by atoms with E-state index in [4.69, 9.17) is 0 Å². The summed E-state index contributed by atoms with van der Waals surface area (Å²) in [7, 11) is 0. The lowest BCUT2D eigenvalue weighted by molar-refractivity contribution is -0.127. The molecule has 18 heavy (non-hydrogen) atoms. The molecule has 2 unspecified atom stereocenters. The molecule has 1 saturated carbocycles. The lowest BCUT2D eigenvalue weighted by Crippen LogP contribution is -2.34. The van der Waals surface area contributed by atoms with Crippen molar-refractivity contribution in [3.05, 3.63) is 16.1 Å². The first-order chi connectivity index (χ1) is 8.58. The summed E-state index contributed by atoms with van der Waals surface area (Å²) in [6.07, 6.45) is 2.01. The maximum atomic E-state index is 11.9. The van der Waals surface area contributed by atoms with E-state index in [0.29, 0.717) is 12.5 Å². The summed E-state index contributed by atoms with van der Waals surface area (Å²) in [6, 6.07) is 0. The van der Waals surface area contributed by atoms with Gasteiger partial charge in [-0.2, -0.15) is 0 Å². The highest BCUT2D eigenvalue weighted by atomic mass is 32.1. The first kappa shape index (κ1) is 13.5. The van der Waals surface area contributed by atoms with Gasteiger partial charge in [-0.3, -0.25) is 4.79 Å². The SMILES string of the molecule is CC(C)c1csc(CNC(=O)C2CCCC2O)n1. The van der Waals surface area contributed by atoms with Crippen LogP contribution < -0.4 is 5.32 Å². The molecule has 100 valence electrons. The zero-order chi connectivity index (χ0) is 13.1. The van der Waals surface area contributed by atoms with Crippen LogP contribution in [-0.2, 0) is 11.3 Å². The Kier molecular flexibility index (Phi) is 4.35. The molecule has 2 atom stereocenters. The molecular weight excluding hydrogens is 248 g/mol. The van der Waals surface area contributed by atoms with Gasteiger partial charge >= 0.3 is 0 Å². The number of hydrogen-bond acceptors (Lipinski definition) is 4. The molecule has 2 N–H and O–H groups in total. The number of carbonyl (C=O) groups excluding carboxylic acids is 1. The van der Waals surface area contributed by atoms with Gasteiger partial charge in [-0.25, -0.2) is 4.98 Å². The van der Waals surface area contributed by atoms with Gasteiger partial charge in [0.05, 0.1) is 24.3 Å². The molecular formula is C13H20N2O2S. The molecule has 0 saturated heterocycles. The first-order valence-corrected chi connectivity index (χ1v) is 7.36. The lowest BCUT2D eigenvalue weighted by Gasteiger charge is -2.13. The highest BCUT2D eigenvalue weighted by molar-refractivity contribution is 7.09. The van der Waals surface area contributed by atoms with Crippen LogP contribution in [0.5, 0.6) is 0 Å². The van der Waals surface area contributed by atoms with Crippen molar-refractivity contribution in [2.45, 2.75) is 51.7 Å². The van der Waals surface area contributed by atoms with E-state index in [-0.39, 0.29) is 11.8 Å². The summed E-state index contributed by atoms with van der Waals surface area (Å²) in [6.45, 7) is 4.68. The molecule has 5 heteroatoms. The number of amides is 1. The Hall–Kier alpha value is -0.940. The third-order valence-electron chi connectivity index (χ3n) is 3.39. The molecule has 4 nitrogen and oxygen atoms in total. The van der Waals surface area contributed by atoms with E-state index in [0.717, 1.165) is 30.0 Å². The topological polar surface area (TPSA) is 62.2 Å². The zero-order valence-electron chi connectivity index (χ0n) is 10.8. The molecule has 0 radical (unpaired) electrons. The van der Waals surface area contributed by atoms with Gasteiger partial charge in [-0.05, 0) is 25.2 Å². The molecule has 1 aromatic rings. The predicted molar refractivity (Wildman–Crippen MR) is 71.4 cm³/mol. The van der Waals surface area contributed by atoms with Crippen molar-refractivity contribution in [1.82, 2.24) is 10.3 Å². The summed E-state index contributed by atoms with van der Waals surface area (Å²) >= 11 is 1.57. The van der Waals surface area contributed by atoms with E-state index in [2.05, 4.69) is 24.1 Å². The molecule has 1 heterocycles. The van der Waals surface area contributed by atoms with Crippen LogP contribution in [0.25, 0.3) is 0 Å². The van der Waals surface area contributed by atoms with Crippen LogP contribution in [0.3, 0.4) is 0 Å². The number of nitrogens with one attached hydrogen (secondary N) is 1. The van der Waals surface area contributed by atoms with Gasteiger partial charge in [0.15, 0.2) is 0 Å². The minimum Gasteiger partial charge on any atom is -0.392 e. The number of aliphatic hydroxyl groups excluding tert-OH is 1. The number of carbonyl (C=O) groups is 1. The number of nitrogens with zero attached hydrogens (tertiary/aromatic N) is 1. The van der Waals surface area contributed by atoms with Crippen molar-refractivity contribution >= 4 is 17.2 Å². The monoisotopic (exact) mass is 268 g/mol. The van der Waals surface area contributed by atoms with Crippen LogP contribution in [0.2, 0.25) is 0 Å². The van der Waals surface area contributed by atoms with Gasteiger partial charge in [-0.15, -0.1) is 11.3 Å². The van der Waals surface area contributed by atoms with Crippen LogP contribution in [0.4, 0.5) is 0 Å². The molecule has 1 aliphatic carbocycles. The number of aromatic nitrogens is 1. The van der Waals surface area contributed by atoms with Crippen LogP contribution in [0.1, 0.15) is 49.7 Å². The molecule has 2 rings (SSSR count). The fourth-order valence-electron chi connectivity index (χ4n) is 2.21. The molecule has 1 aliphatic rings. The normalized spacial score (nSPS) is 23.6. The summed E-state index contributed by atoms with van der Waals surface area (Å²) in [5.74, 6) is 0.151. The van der Waals surface area contributed by atoms with Gasteiger partial charge in [-0.1, -0.05) is 13.8 Å². The molecule has 1 amide bonds. The fourth-order valence-corrected chi connectivity index (χ4v) is 3.11. The number of hydrogen-bond donors (Lipinski definition) is 2. The second-order valence-electron chi connectivity index (χ2n) is 5.14. The Labute approximate surface area is 111 Å². The van der Waals surface area contributed by atoms with Crippen molar-refractivity contribution < 1.29 is 9.90 Å². The van der Waals surface area contributed by atoms with Gasteiger partial charge in [0, 0.05) is 5.38 Å². The molecule has 0 aromatic carbocycles. The fraction of sp³-hybridized carbons (Fsp3) is 0.692. The Bertz CT molecular complexity index is 417. The average molecular weight is 268 g/mol. The van der Waals surface area contributed by atoms with E-state index in [1.165, 1.54) is 0 Å². The maximum Gasteiger partial charge on any atom is 0.226 e. The summed E-state index contributed by atoms with van der Waals surface area (Å²) in [4.78, 5) is 16.3. The van der Waals surface area contributed by atoms with E-state index >= 15 is 0 Å². The smallest absolute Gasteiger partial charge is 0.226 e. The minimum absolute atomic E-state index is 0.0405. The summed E-state index contributed by atoms with van der Waals surface area (Å²) in [5, 5.41) is 15.5. The Morgan fingerprint density at radius 1 is 1.61 bits per heavy atom. The van der Waals surface area contributed by atoms with Crippen LogP contribution in [-0.4, -0.2) is 22.1 Å². The van der Waals surface area contributed by atoms with Crippen molar-refractivity contribution in [2.75, 3.05) is 0 Å². The first-order valence-electron chi connectivity index (χ1n) is 6.48. The third-order valence-corrected chi connectivity index (χ3v) is 4.26. The van der Waals surface area contributed by atoms with Crippen molar-refractivity contribution in [3.8, 4) is 0 Å². The molecule has 0 bridgehead atoms. The van der Waals surface area contributed by atoms with Crippen molar-refractivity contribution in [1.29, 1.82) is 0 Å². The van der Waals surface area contributed by atoms with Crippen molar-refractivity contribution in [3.63, 3.8) is 0 Å². The van der Waals surface area contributed by atoms with Gasteiger partial charge < -0.3 is 10.4 Å². The van der Waals surface area contributed by atoms with Crippen LogP contribution in [0.15, 0.2) is 5.38 Å². The molecule has 1 aromatic heterocycles. The van der Waals surface area contributed by atoms with E-state index < -0.39 is 6.10 Å². The largest absolute Gasteiger partial charge is 0.392 e. The maximum absolute atomic E-state index is 11.9. The summed E-state index contributed by atoms with van der Waals surface area (Å²) in [5.41, 5.74) is 1.07. The van der Waals surface area contributed by atoms with Crippen LogP contribution >= 0.6 is 11.3 Å². The number of aliphatic hydroxyl groups is 1. The van der Waals surface area contributed by atoms with E-state index in [1.54, 1.807) is 11.3 Å². The molecule has 1 fully saturated rings. The Balaban J connectivity index is 1.85. The van der Waals surface area contributed by atoms with Gasteiger partial charge in [0.1, 0.15) is 5.01 Å². The Morgan fingerprint density at radius 3 is 2.94 bits per heavy atom. The van der Waals surface area contributed by atoms with Gasteiger partial charge in [0.25, 0.3) is 0 Å². The van der Waals surface area contributed by atoms with E-state index in [9.17, 15) is 9.90 Å². The predicted octanol–water partition coefficient (Wildman–Crippen LogP) is 2.04. The second-order valence-corrected chi connectivity index (χ2v) is 6.09. The standard InChI is InChI=1S/C13H20N2O2S/c1-8(2)10-7-18-12(15-10)6-14-13(17)9-4-3-5-11(9)16/h7-9,11,16H,3-6H2,1-2H3,(H,14,17). The van der Waals surface area contributed by atoms with E-state index in [1.807, 2.05) is 5.38 Å². The highest BCUT2D eigenvalue weighted by Crippen LogP contribution is 2.25. The summed E-state index contributed by atoms with van der Waals surface area (Å²) < 4.78 is 0. The molecule has 0 aliphatic heterocycles.